The maximum absolute atomic E-state index is 12.0. The Morgan fingerprint density at radius 3 is 2.90 bits per heavy atom. The second-order valence-corrected chi connectivity index (χ2v) is 6.63. The lowest BCUT2D eigenvalue weighted by Crippen LogP contribution is -2.34. The summed E-state index contributed by atoms with van der Waals surface area (Å²) in [5.74, 6) is 0.623. The molecule has 0 saturated carbocycles. The van der Waals surface area contributed by atoms with E-state index in [-0.39, 0.29) is 11.9 Å². The lowest BCUT2D eigenvalue weighted by atomic mass is 10.1. The van der Waals surface area contributed by atoms with Gasteiger partial charge < -0.3 is 10.3 Å². The molecule has 0 fully saturated rings. The van der Waals surface area contributed by atoms with Gasteiger partial charge in [-0.1, -0.05) is 18.2 Å². The zero-order chi connectivity index (χ0) is 14.5. The quantitative estimate of drug-likeness (QED) is 0.855. The predicted octanol–water partition coefficient (Wildman–Crippen LogP) is 1.98. The molecule has 2 rings (SSSR count). The van der Waals surface area contributed by atoms with E-state index >= 15 is 0 Å². The zero-order valence-corrected chi connectivity index (χ0v) is 12.6. The predicted molar refractivity (Wildman–Crippen MR) is 83.2 cm³/mol. The zero-order valence-electron chi connectivity index (χ0n) is 11.8. The average molecular weight is 292 g/mol. The molecular weight excluding hydrogens is 272 g/mol. The van der Waals surface area contributed by atoms with Gasteiger partial charge in [0.1, 0.15) is 0 Å². The first kappa shape index (κ1) is 14.8. The molecule has 1 amide bonds. The van der Waals surface area contributed by atoms with Gasteiger partial charge in [0.05, 0.1) is 6.42 Å². The molecule has 4 nitrogen and oxygen atoms in total. The molecule has 108 valence electrons. The number of H-pyrrole nitrogens is 1. The summed E-state index contributed by atoms with van der Waals surface area (Å²) in [4.78, 5) is 15.2. The third-order valence-electron chi connectivity index (χ3n) is 3.27. The summed E-state index contributed by atoms with van der Waals surface area (Å²) in [6.07, 6.45) is 4.67. The van der Waals surface area contributed by atoms with Crippen LogP contribution in [0.4, 0.5) is 0 Å². The van der Waals surface area contributed by atoms with E-state index in [0.717, 1.165) is 22.9 Å². The van der Waals surface area contributed by atoms with Crippen LogP contribution in [-0.4, -0.2) is 33.2 Å². The molecule has 5 heteroatoms. The third-order valence-corrected chi connectivity index (χ3v) is 4.08. The summed E-state index contributed by atoms with van der Waals surface area (Å²) < 4.78 is 11.0. The van der Waals surface area contributed by atoms with Crippen molar-refractivity contribution in [2.45, 2.75) is 25.8 Å². The van der Waals surface area contributed by atoms with Crippen LogP contribution in [0.25, 0.3) is 10.9 Å². The van der Waals surface area contributed by atoms with Crippen molar-refractivity contribution >= 4 is 27.6 Å². The van der Waals surface area contributed by atoms with Crippen molar-refractivity contribution in [1.82, 2.24) is 10.3 Å². The lowest BCUT2D eigenvalue weighted by molar-refractivity contribution is -0.121. The second-order valence-electron chi connectivity index (χ2n) is 5.07. The molecule has 2 atom stereocenters. The van der Waals surface area contributed by atoms with Gasteiger partial charge in [0.25, 0.3) is 0 Å². The molecule has 20 heavy (non-hydrogen) atoms. The van der Waals surface area contributed by atoms with Crippen molar-refractivity contribution in [1.29, 1.82) is 0 Å². The largest absolute Gasteiger partial charge is 0.361 e. The first-order chi connectivity index (χ1) is 9.56. The van der Waals surface area contributed by atoms with Gasteiger partial charge in [-0.3, -0.25) is 9.00 Å². The van der Waals surface area contributed by atoms with Gasteiger partial charge in [-0.15, -0.1) is 0 Å². The van der Waals surface area contributed by atoms with Crippen molar-refractivity contribution in [3.8, 4) is 0 Å². The SMILES string of the molecule is CC(CCS(C)=O)NC(=O)Cc1c[nH]c2ccccc12. The Balaban J connectivity index is 1.93. The Morgan fingerprint density at radius 1 is 1.40 bits per heavy atom. The van der Waals surface area contributed by atoms with Gasteiger partial charge in [-0.25, -0.2) is 0 Å². The van der Waals surface area contributed by atoms with Gasteiger partial charge in [-0.05, 0) is 25.0 Å². The number of hydrogen-bond acceptors (Lipinski definition) is 2. The number of rotatable bonds is 6. The smallest absolute Gasteiger partial charge is 0.224 e. The average Bonchev–Trinajstić information content (AvgIpc) is 2.80. The fraction of sp³-hybridized carbons (Fsp3) is 0.400. The monoisotopic (exact) mass is 292 g/mol. The summed E-state index contributed by atoms with van der Waals surface area (Å²) in [6, 6.07) is 8.00. The van der Waals surface area contributed by atoms with Crippen LogP contribution in [0.5, 0.6) is 0 Å². The number of hydrogen-bond donors (Lipinski definition) is 2. The summed E-state index contributed by atoms with van der Waals surface area (Å²) in [5, 5.41) is 4.04. The van der Waals surface area contributed by atoms with Gasteiger partial charge >= 0.3 is 0 Å². The van der Waals surface area contributed by atoms with Crippen LogP contribution in [0.1, 0.15) is 18.9 Å². The summed E-state index contributed by atoms with van der Waals surface area (Å²) in [7, 11) is -0.807. The van der Waals surface area contributed by atoms with E-state index in [1.54, 1.807) is 6.26 Å². The molecule has 0 aliphatic heterocycles. The Kier molecular flexibility index (Phi) is 4.95. The second kappa shape index (κ2) is 6.70. The molecule has 2 N–H and O–H groups in total. The Hall–Kier alpha value is -1.62. The van der Waals surface area contributed by atoms with Crippen LogP contribution in [-0.2, 0) is 22.0 Å². The molecule has 1 aromatic carbocycles. The molecule has 1 heterocycles. The number of benzene rings is 1. The summed E-state index contributed by atoms with van der Waals surface area (Å²) in [5.41, 5.74) is 2.05. The van der Waals surface area contributed by atoms with Gasteiger partial charge in [-0.2, -0.15) is 0 Å². The molecule has 0 aliphatic carbocycles. The highest BCUT2D eigenvalue weighted by Crippen LogP contribution is 2.17. The van der Waals surface area contributed by atoms with Crippen LogP contribution in [0.15, 0.2) is 30.5 Å². The summed E-state index contributed by atoms with van der Waals surface area (Å²) in [6.45, 7) is 1.94. The standard InChI is InChI=1S/C15H20N2O2S/c1-11(7-8-20(2)19)17-15(18)9-12-10-16-14-6-4-3-5-13(12)14/h3-6,10-11,16H,7-9H2,1-2H3,(H,17,18). The molecule has 0 aliphatic rings. The van der Waals surface area contributed by atoms with Crippen LogP contribution in [0.2, 0.25) is 0 Å². The van der Waals surface area contributed by atoms with Gasteiger partial charge in [0, 0.05) is 45.9 Å². The molecule has 0 bridgehead atoms. The van der Waals surface area contributed by atoms with E-state index < -0.39 is 10.8 Å². The molecule has 0 saturated heterocycles. The van der Waals surface area contributed by atoms with Crippen LogP contribution in [0.3, 0.4) is 0 Å². The number of aromatic amines is 1. The number of carbonyl (C=O) groups is 1. The van der Waals surface area contributed by atoms with Crippen molar-refractivity contribution in [3.05, 3.63) is 36.0 Å². The van der Waals surface area contributed by atoms with Crippen molar-refractivity contribution in [3.63, 3.8) is 0 Å². The minimum Gasteiger partial charge on any atom is -0.361 e. The highest BCUT2D eigenvalue weighted by atomic mass is 32.2. The fourth-order valence-corrected chi connectivity index (χ4v) is 2.88. The minimum absolute atomic E-state index is 0.00383. The molecule has 2 unspecified atom stereocenters. The molecule has 0 radical (unpaired) electrons. The van der Waals surface area contributed by atoms with Gasteiger partial charge in [0.2, 0.25) is 5.91 Å². The molecule has 1 aromatic heterocycles. The van der Waals surface area contributed by atoms with E-state index in [0.29, 0.717) is 12.2 Å². The normalized spacial score (nSPS) is 14.1. The topological polar surface area (TPSA) is 62.0 Å². The number of para-hydroxylation sites is 1. The molecule has 0 spiro atoms. The number of amides is 1. The molecular formula is C15H20N2O2S. The number of aromatic nitrogens is 1. The van der Waals surface area contributed by atoms with E-state index in [9.17, 15) is 9.00 Å². The van der Waals surface area contributed by atoms with Crippen molar-refractivity contribution in [2.24, 2.45) is 0 Å². The van der Waals surface area contributed by atoms with Crippen molar-refractivity contribution < 1.29 is 9.00 Å². The Bertz CT molecular complexity index is 621. The van der Waals surface area contributed by atoms with Crippen LogP contribution in [0, 0.1) is 0 Å². The van der Waals surface area contributed by atoms with E-state index in [1.807, 2.05) is 37.4 Å². The maximum atomic E-state index is 12.0. The Morgan fingerprint density at radius 2 is 2.15 bits per heavy atom. The highest BCUT2D eigenvalue weighted by Gasteiger charge is 2.11. The number of fused-ring (bicyclic) bond motifs is 1. The Labute approximate surface area is 121 Å². The summed E-state index contributed by atoms with van der Waals surface area (Å²) >= 11 is 0. The third kappa shape index (κ3) is 3.93. The van der Waals surface area contributed by atoms with Crippen LogP contribution >= 0.6 is 0 Å². The fourth-order valence-electron chi connectivity index (χ4n) is 2.19. The molecule has 2 aromatic rings. The maximum Gasteiger partial charge on any atom is 0.224 e. The number of carbonyl (C=O) groups excluding carboxylic acids is 1. The highest BCUT2D eigenvalue weighted by molar-refractivity contribution is 7.84. The minimum atomic E-state index is -0.807. The lowest BCUT2D eigenvalue weighted by Gasteiger charge is -2.12. The van der Waals surface area contributed by atoms with Gasteiger partial charge in [0.15, 0.2) is 0 Å². The van der Waals surface area contributed by atoms with E-state index in [4.69, 9.17) is 0 Å². The van der Waals surface area contributed by atoms with Crippen molar-refractivity contribution in [2.75, 3.05) is 12.0 Å². The first-order valence-corrected chi connectivity index (χ1v) is 8.43. The first-order valence-electron chi connectivity index (χ1n) is 6.70. The van der Waals surface area contributed by atoms with E-state index in [1.165, 1.54) is 0 Å². The van der Waals surface area contributed by atoms with Crippen LogP contribution < -0.4 is 5.32 Å². The number of nitrogens with one attached hydrogen (secondary N) is 2. The van der Waals surface area contributed by atoms with E-state index in [2.05, 4.69) is 10.3 Å².